The van der Waals surface area contributed by atoms with Crippen LogP contribution in [0, 0.1) is 13.8 Å². The van der Waals surface area contributed by atoms with Crippen molar-refractivity contribution >= 4 is 17.9 Å². The van der Waals surface area contributed by atoms with E-state index in [-0.39, 0.29) is 18.7 Å². The Morgan fingerprint density at radius 2 is 1.56 bits per heavy atom. The van der Waals surface area contributed by atoms with Gasteiger partial charge in [-0.05, 0) is 89.8 Å². The van der Waals surface area contributed by atoms with Gasteiger partial charge in [-0.2, -0.15) is 0 Å². The molecule has 39 heavy (non-hydrogen) atoms. The third kappa shape index (κ3) is 9.90. The quantitative estimate of drug-likeness (QED) is 0.381. The molecule has 0 aliphatic rings. The summed E-state index contributed by atoms with van der Waals surface area (Å²) in [6.45, 7) is 14.0. The zero-order valence-corrected chi connectivity index (χ0v) is 24.3. The van der Waals surface area contributed by atoms with Crippen molar-refractivity contribution in [3.05, 3.63) is 64.7 Å². The van der Waals surface area contributed by atoms with Crippen molar-refractivity contribution in [1.29, 1.82) is 0 Å². The molecule has 0 aliphatic carbocycles. The van der Waals surface area contributed by atoms with Crippen LogP contribution in [0.1, 0.15) is 69.8 Å². The number of ether oxygens (including phenoxy) is 1. The van der Waals surface area contributed by atoms with Gasteiger partial charge in [-0.25, -0.2) is 4.79 Å². The van der Waals surface area contributed by atoms with Gasteiger partial charge in [-0.15, -0.1) is 0 Å². The number of alkyl carbamates (subject to hydrolysis) is 1. The van der Waals surface area contributed by atoms with E-state index < -0.39 is 47.7 Å². The molecule has 2 aromatic carbocycles. The average Bonchev–Trinajstić information content (AvgIpc) is 2.79. The van der Waals surface area contributed by atoms with E-state index in [0.29, 0.717) is 11.1 Å². The fraction of sp³-hybridized carbons (Fsp3) is 0.500. The normalized spacial score (nSPS) is 13.3. The number of carbonyl (C=O) groups is 3. The molecule has 0 aliphatic heterocycles. The minimum absolute atomic E-state index is 0.0669. The van der Waals surface area contributed by atoms with Crippen molar-refractivity contribution in [2.24, 2.45) is 0 Å². The van der Waals surface area contributed by atoms with Crippen LogP contribution in [0.15, 0.2) is 42.5 Å². The molecule has 214 valence electrons. The topological polar surface area (TPSA) is 128 Å². The van der Waals surface area contributed by atoms with Crippen molar-refractivity contribution in [2.45, 2.75) is 85.0 Å². The number of hydrogen-bond donors (Lipinski definition) is 4. The minimum atomic E-state index is -1.12. The summed E-state index contributed by atoms with van der Waals surface area (Å²) in [5.41, 5.74) is 1.87. The molecule has 0 fully saturated rings. The largest absolute Gasteiger partial charge is 0.508 e. The number of rotatable bonds is 9. The average molecular weight is 542 g/mol. The second-order valence-corrected chi connectivity index (χ2v) is 11.8. The molecule has 0 bridgehead atoms. The molecule has 0 aromatic heterocycles. The van der Waals surface area contributed by atoms with E-state index in [2.05, 4.69) is 10.6 Å². The van der Waals surface area contributed by atoms with Gasteiger partial charge in [0.1, 0.15) is 23.4 Å². The summed E-state index contributed by atoms with van der Waals surface area (Å²) in [4.78, 5) is 41.9. The molecule has 0 saturated carbocycles. The summed E-state index contributed by atoms with van der Waals surface area (Å²) in [5, 5.41) is 25.3. The van der Waals surface area contributed by atoms with Crippen molar-refractivity contribution < 1.29 is 29.3 Å². The van der Waals surface area contributed by atoms with Crippen LogP contribution >= 0.6 is 0 Å². The summed E-state index contributed by atoms with van der Waals surface area (Å²) in [5.74, 6) is -0.902. The summed E-state index contributed by atoms with van der Waals surface area (Å²) in [6.07, 6.45) is -0.716. The maximum atomic E-state index is 14.2. The van der Waals surface area contributed by atoms with Gasteiger partial charge >= 0.3 is 6.09 Å². The van der Waals surface area contributed by atoms with Crippen LogP contribution in [0.3, 0.4) is 0 Å². The maximum absolute atomic E-state index is 14.2. The Hall–Kier alpha value is -3.59. The van der Waals surface area contributed by atoms with Crippen LogP contribution in [0.25, 0.3) is 0 Å². The van der Waals surface area contributed by atoms with Crippen LogP contribution in [0.5, 0.6) is 5.75 Å². The molecule has 0 saturated heterocycles. The number of aromatic hydroxyl groups is 1. The third-order valence-electron chi connectivity index (χ3n) is 5.89. The molecule has 9 nitrogen and oxygen atoms in total. The lowest BCUT2D eigenvalue weighted by Gasteiger charge is -2.36. The Morgan fingerprint density at radius 3 is 2.08 bits per heavy atom. The molecule has 3 amide bonds. The number of carbonyl (C=O) groups excluding carboxylic acids is 3. The Balaban J connectivity index is 2.57. The van der Waals surface area contributed by atoms with Gasteiger partial charge in [0.2, 0.25) is 11.8 Å². The number of nitrogens with one attached hydrogen (secondary N) is 2. The summed E-state index contributed by atoms with van der Waals surface area (Å²) in [6, 6.07) is 9.63. The Bertz CT molecular complexity index is 1150. The van der Waals surface area contributed by atoms with Crippen molar-refractivity contribution in [3.63, 3.8) is 0 Å². The predicted octanol–water partition coefficient (Wildman–Crippen LogP) is 3.92. The first-order valence-electron chi connectivity index (χ1n) is 13.1. The van der Waals surface area contributed by atoms with E-state index in [1.54, 1.807) is 39.0 Å². The second kappa shape index (κ2) is 13.0. The monoisotopic (exact) mass is 541 g/mol. The van der Waals surface area contributed by atoms with Gasteiger partial charge in [-0.1, -0.05) is 30.3 Å². The van der Waals surface area contributed by atoms with Crippen LogP contribution in [-0.2, 0) is 20.7 Å². The highest BCUT2D eigenvalue weighted by atomic mass is 16.6. The van der Waals surface area contributed by atoms with E-state index in [1.165, 1.54) is 17.0 Å². The van der Waals surface area contributed by atoms with Crippen LogP contribution in [0.2, 0.25) is 0 Å². The SMILES string of the molecule is Cc1ccc(C(C(=O)NC(C)(C)C)N(CCO)C(=O)C(Cc2ccc(O)cc2)NC(=O)OC(C)(C)C)cc1C. The fourth-order valence-corrected chi connectivity index (χ4v) is 4.04. The molecule has 2 unspecified atom stereocenters. The van der Waals surface area contributed by atoms with E-state index in [9.17, 15) is 24.6 Å². The molecule has 2 atom stereocenters. The molecular weight excluding hydrogens is 498 g/mol. The molecule has 0 radical (unpaired) electrons. The fourth-order valence-electron chi connectivity index (χ4n) is 4.04. The number of benzene rings is 2. The molecule has 9 heteroatoms. The first kappa shape index (κ1) is 31.6. The number of hydrogen-bond acceptors (Lipinski definition) is 6. The number of aliphatic hydroxyl groups excluding tert-OH is 1. The van der Waals surface area contributed by atoms with E-state index in [0.717, 1.165) is 11.1 Å². The zero-order chi connectivity index (χ0) is 29.5. The van der Waals surface area contributed by atoms with Gasteiger partial charge in [0.15, 0.2) is 0 Å². The number of phenols is 1. The summed E-state index contributed by atoms with van der Waals surface area (Å²) < 4.78 is 5.41. The highest BCUT2D eigenvalue weighted by Gasteiger charge is 2.37. The lowest BCUT2D eigenvalue weighted by molar-refractivity contribution is -0.143. The minimum Gasteiger partial charge on any atom is -0.508 e. The van der Waals surface area contributed by atoms with Crippen molar-refractivity contribution in [1.82, 2.24) is 15.5 Å². The van der Waals surface area contributed by atoms with Crippen LogP contribution in [-0.4, -0.2) is 63.4 Å². The molecular formula is C30H43N3O6. The van der Waals surface area contributed by atoms with Crippen LogP contribution in [0.4, 0.5) is 4.79 Å². The van der Waals surface area contributed by atoms with Gasteiger partial charge in [0.05, 0.1) is 6.61 Å². The number of phenolic OH excluding ortho intramolecular Hbond substituents is 1. The first-order valence-corrected chi connectivity index (χ1v) is 13.1. The molecule has 0 spiro atoms. The highest BCUT2D eigenvalue weighted by molar-refractivity contribution is 5.92. The van der Waals surface area contributed by atoms with Crippen molar-refractivity contribution in [3.8, 4) is 5.75 Å². The van der Waals surface area contributed by atoms with Gasteiger partial charge in [-0.3, -0.25) is 9.59 Å². The van der Waals surface area contributed by atoms with Gasteiger partial charge in [0.25, 0.3) is 0 Å². The molecule has 2 aromatic rings. The third-order valence-corrected chi connectivity index (χ3v) is 5.89. The number of amides is 3. The second-order valence-electron chi connectivity index (χ2n) is 11.8. The zero-order valence-electron chi connectivity index (χ0n) is 24.3. The molecule has 4 N–H and O–H groups in total. The van der Waals surface area contributed by atoms with E-state index in [1.807, 2.05) is 46.8 Å². The number of aliphatic hydroxyl groups is 1. The van der Waals surface area contributed by atoms with Gasteiger partial charge < -0.3 is 30.5 Å². The smallest absolute Gasteiger partial charge is 0.408 e. The molecule has 0 heterocycles. The maximum Gasteiger partial charge on any atom is 0.408 e. The highest BCUT2D eigenvalue weighted by Crippen LogP contribution is 2.26. The van der Waals surface area contributed by atoms with E-state index in [4.69, 9.17) is 4.74 Å². The lowest BCUT2D eigenvalue weighted by atomic mass is 9.96. The summed E-state index contributed by atoms with van der Waals surface area (Å²) >= 11 is 0. The number of nitrogens with zero attached hydrogens (tertiary/aromatic N) is 1. The standard InChI is InChI=1S/C30H43N3O6/c1-19-9-12-22(17-20(19)2)25(26(36)32-29(3,4)5)33(15-16-34)27(37)24(31-28(38)39-30(6,7)8)18-21-10-13-23(35)14-11-21/h9-14,17,24-25,34-35H,15-16,18H2,1-8H3,(H,31,38)(H,32,36). The molecule has 2 rings (SSSR count). The lowest BCUT2D eigenvalue weighted by Crippen LogP contribution is -2.55. The Kier molecular flexibility index (Phi) is 10.5. The van der Waals surface area contributed by atoms with E-state index >= 15 is 0 Å². The van der Waals surface area contributed by atoms with Crippen LogP contribution < -0.4 is 10.6 Å². The Morgan fingerprint density at radius 1 is 0.949 bits per heavy atom. The first-order chi connectivity index (χ1) is 18.0. The van der Waals surface area contributed by atoms with Crippen molar-refractivity contribution in [2.75, 3.05) is 13.2 Å². The van der Waals surface area contributed by atoms with Gasteiger partial charge in [0, 0.05) is 18.5 Å². The summed E-state index contributed by atoms with van der Waals surface area (Å²) in [7, 11) is 0. The predicted molar refractivity (Wildman–Crippen MR) is 150 cm³/mol. The number of aryl methyl sites for hydroxylation is 2. The Labute approximate surface area is 231 Å².